The molecule has 2 unspecified atom stereocenters. The molecular weight excluding hydrogens is 222 g/mol. The van der Waals surface area contributed by atoms with Crippen molar-refractivity contribution >= 4 is 5.97 Å². The van der Waals surface area contributed by atoms with Crippen LogP contribution in [-0.4, -0.2) is 57.6 Å². The molecule has 1 saturated heterocycles. The molecule has 0 aromatic carbocycles. The summed E-state index contributed by atoms with van der Waals surface area (Å²) < 4.78 is 15.2. The number of hydrogen-bond acceptors (Lipinski definition) is 5. The summed E-state index contributed by atoms with van der Waals surface area (Å²) in [4.78, 5) is 13.7. The standard InChI is InChI=1S/C12H23NO4/c1-13-9(8-11(15-2)16-3)6-5-7-10(13)12(14)17-4/h9-11H,5-8H2,1-4H3. The van der Waals surface area contributed by atoms with Crippen LogP contribution < -0.4 is 0 Å². The number of likely N-dealkylation sites (N-methyl/N-ethyl adjacent to an activating group) is 1. The first-order valence-electron chi connectivity index (χ1n) is 5.99. The van der Waals surface area contributed by atoms with E-state index in [1.807, 2.05) is 7.05 Å². The number of esters is 1. The Kier molecular flexibility index (Phi) is 5.88. The molecule has 2 atom stereocenters. The first-order chi connectivity index (χ1) is 8.13. The number of nitrogens with zero attached hydrogens (tertiary/aromatic N) is 1. The highest BCUT2D eigenvalue weighted by atomic mass is 16.7. The van der Waals surface area contributed by atoms with Gasteiger partial charge in [0, 0.05) is 26.7 Å². The third kappa shape index (κ3) is 3.66. The molecule has 1 rings (SSSR count). The molecule has 5 heteroatoms. The predicted molar refractivity (Wildman–Crippen MR) is 63.6 cm³/mol. The van der Waals surface area contributed by atoms with E-state index >= 15 is 0 Å². The van der Waals surface area contributed by atoms with Crippen molar-refractivity contribution in [2.45, 2.75) is 44.1 Å². The number of ether oxygens (including phenoxy) is 3. The molecule has 1 aliphatic rings. The van der Waals surface area contributed by atoms with Crippen LogP contribution in [0.5, 0.6) is 0 Å². The first-order valence-corrected chi connectivity index (χ1v) is 5.99. The summed E-state index contributed by atoms with van der Waals surface area (Å²) in [6, 6.07) is 0.172. The number of rotatable bonds is 5. The largest absolute Gasteiger partial charge is 0.468 e. The van der Waals surface area contributed by atoms with E-state index in [0.29, 0.717) is 6.04 Å². The van der Waals surface area contributed by atoms with Crippen LogP contribution in [0.4, 0.5) is 0 Å². The molecule has 0 radical (unpaired) electrons. The van der Waals surface area contributed by atoms with Crippen LogP contribution in [0.2, 0.25) is 0 Å². The van der Waals surface area contributed by atoms with Gasteiger partial charge < -0.3 is 14.2 Å². The first kappa shape index (κ1) is 14.4. The van der Waals surface area contributed by atoms with Crippen molar-refractivity contribution < 1.29 is 19.0 Å². The minimum atomic E-state index is -0.209. The molecular formula is C12H23NO4. The highest BCUT2D eigenvalue weighted by molar-refractivity contribution is 5.75. The Morgan fingerprint density at radius 1 is 1.29 bits per heavy atom. The van der Waals surface area contributed by atoms with Gasteiger partial charge in [-0.25, -0.2) is 0 Å². The molecule has 0 amide bonds. The second kappa shape index (κ2) is 6.93. The second-order valence-electron chi connectivity index (χ2n) is 4.43. The lowest BCUT2D eigenvalue weighted by atomic mass is 9.94. The highest BCUT2D eigenvalue weighted by Crippen LogP contribution is 2.25. The van der Waals surface area contributed by atoms with Crippen molar-refractivity contribution in [3.63, 3.8) is 0 Å². The van der Waals surface area contributed by atoms with Crippen LogP contribution in [0.25, 0.3) is 0 Å². The SMILES string of the molecule is COC(=O)C1CCCC(CC(OC)OC)N1C. The van der Waals surface area contributed by atoms with Crippen LogP contribution in [0.3, 0.4) is 0 Å². The van der Waals surface area contributed by atoms with Crippen molar-refractivity contribution in [2.75, 3.05) is 28.4 Å². The summed E-state index contributed by atoms with van der Waals surface area (Å²) in [5.41, 5.74) is 0. The fraction of sp³-hybridized carbons (Fsp3) is 0.917. The number of carbonyl (C=O) groups is 1. The van der Waals surface area contributed by atoms with Gasteiger partial charge in [-0.3, -0.25) is 9.69 Å². The van der Waals surface area contributed by atoms with E-state index in [2.05, 4.69) is 4.90 Å². The number of hydrogen-bond donors (Lipinski definition) is 0. The highest BCUT2D eigenvalue weighted by Gasteiger charge is 2.34. The summed E-state index contributed by atoms with van der Waals surface area (Å²) in [6.45, 7) is 0. The second-order valence-corrected chi connectivity index (χ2v) is 4.43. The average Bonchev–Trinajstić information content (AvgIpc) is 2.36. The van der Waals surface area contributed by atoms with Gasteiger partial charge in [0.05, 0.1) is 7.11 Å². The molecule has 0 spiro atoms. The quantitative estimate of drug-likeness (QED) is 0.534. The van der Waals surface area contributed by atoms with Gasteiger partial charge in [0.15, 0.2) is 6.29 Å². The summed E-state index contributed by atoms with van der Waals surface area (Å²) >= 11 is 0. The van der Waals surface area contributed by atoms with Crippen molar-refractivity contribution in [1.82, 2.24) is 4.90 Å². The molecule has 1 fully saturated rings. The van der Waals surface area contributed by atoms with Crippen LogP contribution >= 0.6 is 0 Å². The van der Waals surface area contributed by atoms with Gasteiger partial charge >= 0.3 is 5.97 Å². The van der Waals surface area contributed by atoms with Crippen molar-refractivity contribution in [1.29, 1.82) is 0 Å². The van der Waals surface area contributed by atoms with Gasteiger partial charge in [0.1, 0.15) is 6.04 Å². The van der Waals surface area contributed by atoms with E-state index in [1.165, 1.54) is 7.11 Å². The number of carbonyl (C=O) groups excluding carboxylic acids is 1. The van der Waals surface area contributed by atoms with Crippen LogP contribution in [-0.2, 0) is 19.0 Å². The minimum Gasteiger partial charge on any atom is -0.468 e. The molecule has 0 N–H and O–H groups in total. The maximum Gasteiger partial charge on any atom is 0.323 e. The number of likely N-dealkylation sites (tertiary alicyclic amines) is 1. The lowest BCUT2D eigenvalue weighted by Crippen LogP contribution is -2.49. The molecule has 0 aliphatic carbocycles. The Hall–Kier alpha value is -0.650. The Balaban J connectivity index is 2.58. The van der Waals surface area contributed by atoms with E-state index in [9.17, 15) is 4.79 Å². The Morgan fingerprint density at radius 3 is 2.47 bits per heavy atom. The summed E-state index contributed by atoms with van der Waals surface area (Å²) in [7, 11) is 6.67. The Labute approximate surface area is 103 Å². The van der Waals surface area contributed by atoms with Gasteiger partial charge in [-0.1, -0.05) is 0 Å². The van der Waals surface area contributed by atoms with E-state index < -0.39 is 0 Å². The number of methoxy groups -OCH3 is 3. The topological polar surface area (TPSA) is 48.0 Å². The maximum atomic E-state index is 11.6. The molecule has 1 heterocycles. The predicted octanol–water partition coefficient (Wildman–Crippen LogP) is 1.02. The van der Waals surface area contributed by atoms with Crippen LogP contribution in [0.15, 0.2) is 0 Å². The molecule has 5 nitrogen and oxygen atoms in total. The fourth-order valence-electron chi connectivity index (χ4n) is 2.42. The Bertz CT molecular complexity index is 243. The summed E-state index contributed by atoms with van der Waals surface area (Å²) in [6.07, 6.45) is 3.53. The van der Waals surface area contributed by atoms with E-state index in [4.69, 9.17) is 14.2 Å². The van der Waals surface area contributed by atoms with Crippen molar-refractivity contribution in [2.24, 2.45) is 0 Å². The molecule has 17 heavy (non-hydrogen) atoms. The van der Waals surface area contributed by atoms with E-state index in [0.717, 1.165) is 25.7 Å². The average molecular weight is 245 g/mol. The zero-order chi connectivity index (χ0) is 12.8. The zero-order valence-corrected chi connectivity index (χ0v) is 11.1. The third-order valence-electron chi connectivity index (χ3n) is 3.55. The van der Waals surface area contributed by atoms with Crippen LogP contribution in [0.1, 0.15) is 25.7 Å². The van der Waals surface area contributed by atoms with Gasteiger partial charge in [-0.15, -0.1) is 0 Å². The molecule has 0 aromatic heterocycles. The van der Waals surface area contributed by atoms with Crippen LogP contribution in [0, 0.1) is 0 Å². The molecule has 0 bridgehead atoms. The Morgan fingerprint density at radius 2 is 1.94 bits per heavy atom. The van der Waals surface area contributed by atoms with Crippen molar-refractivity contribution in [3.05, 3.63) is 0 Å². The lowest BCUT2D eigenvalue weighted by molar-refractivity contribution is -0.152. The third-order valence-corrected chi connectivity index (χ3v) is 3.55. The zero-order valence-electron chi connectivity index (χ0n) is 11.1. The van der Waals surface area contributed by atoms with Gasteiger partial charge in [0.2, 0.25) is 0 Å². The monoisotopic (exact) mass is 245 g/mol. The maximum absolute atomic E-state index is 11.6. The summed E-state index contributed by atoms with van der Waals surface area (Å²) in [5.74, 6) is -0.149. The summed E-state index contributed by atoms with van der Waals surface area (Å²) in [5, 5.41) is 0. The molecule has 100 valence electrons. The lowest BCUT2D eigenvalue weighted by Gasteiger charge is -2.38. The fourth-order valence-corrected chi connectivity index (χ4v) is 2.42. The molecule has 0 aromatic rings. The molecule has 1 aliphatic heterocycles. The van der Waals surface area contributed by atoms with E-state index in [1.54, 1.807) is 14.2 Å². The van der Waals surface area contributed by atoms with Gasteiger partial charge in [-0.05, 0) is 26.3 Å². The van der Waals surface area contributed by atoms with E-state index in [-0.39, 0.29) is 18.3 Å². The normalized spacial score (nSPS) is 26.2. The smallest absolute Gasteiger partial charge is 0.323 e. The molecule has 0 saturated carbocycles. The van der Waals surface area contributed by atoms with Crippen molar-refractivity contribution in [3.8, 4) is 0 Å². The van der Waals surface area contributed by atoms with Gasteiger partial charge in [-0.2, -0.15) is 0 Å². The minimum absolute atomic E-state index is 0.131. The van der Waals surface area contributed by atoms with Gasteiger partial charge in [0.25, 0.3) is 0 Å². The number of piperidine rings is 1.